The molecule has 0 N–H and O–H groups in total. The standard InChI is InChI=1S/C21H23N3O3S2/c1-2-23(21-22-17-12-6-7-14-19(17)28-21)20(25)18-13-8-9-15-24(18)29(26,27)16-10-4-3-5-11-16/h3-7,10-12,14,18H,2,8-9,13,15H2,1H3. The number of hydrogen-bond donors (Lipinski definition) is 0. The van der Waals surface area contributed by atoms with Crippen LogP contribution in [-0.2, 0) is 14.8 Å². The summed E-state index contributed by atoms with van der Waals surface area (Å²) in [6.07, 6.45) is 2.10. The lowest BCUT2D eigenvalue weighted by Crippen LogP contribution is -2.53. The van der Waals surface area contributed by atoms with Crippen LogP contribution in [0.1, 0.15) is 26.2 Å². The van der Waals surface area contributed by atoms with Gasteiger partial charge in [-0.3, -0.25) is 9.69 Å². The van der Waals surface area contributed by atoms with Crippen LogP contribution in [0.25, 0.3) is 10.2 Å². The molecule has 4 rings (SSSR count). The Morgan fingerprint density at radius 2 is 1.86 bits per heavy atom. The number of rotatable bonds is 5. The molecule has 6 nitrogen and oxygen atoms in total. The van der Waals surface area contributed by atoms with Crippen LogP contribution in [0, 0.1) is 0 Å². The third kappa shape index (κ3) is 3.80. The van der Waals surface area contributed by atoms with Gasteiger partial charge in [-0.1, -0.05) is 48.1 Å². The number of carbonyl (C=O) groups is 1. The quantitative estimate of drug-likeness (QED) is 0.617. The summed E-state index contributed by atoms with van der Waals surface area (Å²) in [5, 5.41) is 0.612. The van der Waals surface area contributed by atoms with E-state index in [9.17, 15) is 13.2 Å². The largest absolute Gasteiger partial charge is 0.287 e. The van der Waals surface area contributed by atoms with Gasteiger partial charge in [-0.25, -0.2) is 13.4 Å². The summed E-state index contributed by atoms with van der Waals surface area (Å²) in [7, 11) is -3.74. The predicted octanol–water partition coefficient (Wildman–Crippen LogP) is 3.89. The fraction of sp³-hybridized carbons (Fsp3) is 0.333. The summed E-state index contributed by atoms with van der Waals surface area (Å²) in [6.45, 7) is 2.68. The van der Waals surface area contributed by atoms with E-state index in [0.717, 1.165) is 23.1 Å². The molecule has 0 aliphatic carbocycles. The molecule has 3 aromatic rings. The van der Waals surface area contributed by atoms with Crippen LogP contribution in [0.15, 0.2) is 59.5 Å². The fourth-order valence-corrected chi connectivity index (χ4v) is 6.41. The van der Waals surface area contributed by atoms with Crippen molar-refractivity contribution in [3.63, 3.8) is 0 Å². The molecule has 0 radical (unpaired) electrons. The van der Waals surface area contributed by atoms with Gasteiger partial charge in [0.2, 0.25) is 15.9 Å². The highest BCUT2D eigenvalue weighted by Gasteiger charge is 2.40. The lowest BCUT2D eigenvalue weighted by Gasteiger charge is -2.35. The first-order chi connectivity index (χ1) is 14.0. The summed E-state index contributed by atoms with van der Waals surface area (Å²) in [6, 6.07) is 15.4. The van der Waals surface area contributed by atoms with Crippen molar-refractivity contribution in [3.05, 3.63) is 54.6 Å². The lowest BCUT2D eigenvalue weighted by atomic mass is 10.0. The van der Waals surface area contributed by atoms with Gasteiger partial charge in [-0.05, 0) is 44.0 Å². The molecule has 0 bridgehead atoms. The van der Waals surface area contributed by atoms with Crippen LogP contribution < -0.4 is 4.90 Å². The zero-order valence-electron chi connectivity index (χ0n) is 16.2. The number of benzene rings is 2. The molecule has 1 aromatic heterocycles. The normalized spacial score (nSPS) is 18.0. The van der Waals surface area contributed by atoms with Gasteiger partial charge in [-0.2, -0.15) is 4.31 Å². The van der Waals surface area contributed by atoms with Crippen molar-refractivity contribution >= 4 is 42.6 Å². The molecule has 152 valence electrons. The van der Waals surface area contributed by atoms with Crippen LogP contribution in [0.2, 0.25) is 0 Å². The smallest absolute Gasteiger partial charge is 0.247 e. The lowest BCUT2D eigenvalue weighted by molar-refractivity contribution is -0.123. The molecule has 1 unspecified atom stereocenters. The van der Waals surface area contributed by atoms with Crippen molar-refractivity contribution in [3.8, 4) is 0 Å². The maximum absolute atomic E-state index is 13.5. The van der Waals surface area contributed by atoms with E-state index in [1.165, 1.54) is 15.6 Å². The number of sulfonamides is 1. The molecule has 0 saturated carbocycles. The van der Waals surface area contributed by atoms with Crippen molar-refractivity contribution < 1.29 is 13.2 Å². The third-order valence-corrected chi connectivity index (χ3v) is 8.17. The Labute approximate surface area is 174 Å². The number of amides is 1. The molecule has 1 fully saturated rings. The first-order valence-electron chi connectivity index (χ1n) is 9.76. The number of fused-ring (bicyclic) bond motifs is 1. The number of aromatic nitrogens is 1. The number of piperidine rings is 1. The Kier molecular flexibility index (Phi) is 5.67. The minimum absolute atomic E-state index is 0.203. The van der Waals surface area contributed by atoms with Crippen LogP contribution >= 0.6 is 11.3 Å². The summed E-state index contributed by atoms with van der Waals surface area (Å²) < 4.78 is 28.8. The van der Waals surface area contributed by atoms with Gasteiger partial charge in [0.1, 0.15) is 6.04 Å². The molecule has 29 heavy (non-hydrogen) atoms. The van der Waals surface area contributed by atoms with Gasteiger partial charge in [0.15, 0.2) is 5.13 Å². The van der Waals surface area contributed by atoms with E-state index in [2.05, 4.69) is 4.98 Å². The Morgan fingerprint density at radius 1 is 1.14 bits per heavy atom. The number of likely N-dealkylation sites (N-methyl/N-ethyl adjacent to an activating group) is 1. The van der Waals surface area contributed by atoms with E-state index in [4.69, 9.17) is 0 Å². The number of carbonyl (C=O) groups excluding carboxylic acids is 1. The highest BCUT2D eigenvalue weighted by atomic mass is 32.2. The molecule has 1 saturated heterocycles. The fourth-order valence-electron chi connectivity index (χ4n) is 3.71. The number of para-hydroxylation sites is 1. The summed E-state index contributed by atoms with van der Waals surface area (Å²) in [5.41, 5.74) is 0.844. The average Bonchev–Trinajstić information content (AvgIpc) is 3.18. The topological polar surface area (TPSA) is 70.6 Å². The van der Waals surface area contributed by atoms with Crippen molar-refractivity contribution in [1.29, 1.82) is 0 Å². The Bertz CT molecular complexity index is 1080. The third-order valence-electron chi connectivity index (χ3n) is 5.18. The Hall–Kier alpha value is -2.29. The summed E-state index contributed by atoms with van der Waals surface area (Å²) in [5.74, 6) is -0.203. The molecular formula is C21H23N3O3S2. The van der Waals surface area contributed by atoms with Crippen molar-refractivity contribution in [2.75, 3.05) is 18.0 Å². The number of thiazole rings is 1. The molecule has 8 heteroatoms. The van der Waals surface area contributed by atoms with E-state index in [1.54, 1.807) is 35.2 Å². The molecule has 2 heterocycles. The highest BCUT2D eigenvalue weighted by molar-refractivity contribution is 7.89. The second-order valence-electron chi connectivity index (χ2n) is 6.99. The Morgan fingerprint density at radius 3 is 2.59 bits per heavy atom. The minimum Gasteiger partial charge on any atom is -0.287 e. The zero-order valence-corrected chi connectivity index (χ0v) is 17.8. The van der Waals surface area contributed by atoms with Crippen LogP contribution in [0.5, 0.6) is 0 Å². The second-order valence-corrected chi connectivity index (χ2v) is 9.89. The van der Waals surface area contributed by atoms with E-state index in [-0.39, 0.29) is 10.8 Å². The SMILES string of the molecule is CCN(C(=O)C1CCCCN1S(=O)(=O)c1ccccc1)c1nc2ccccc2s1. The summed E-state index contributed by atoms with van der Waals surface area (Å²) >= 11 is 1.45. The second kappa shape index (κ2) is 8.22. The van der Waals surface area contributed by atoms with Gasteiger partial charge >= 0.3 is 0 Å². The van der Waals surface area contributed by atoms with Gasteiger partial charge in [-0.15, -0.1) is 0 Å². The first-order valence-corrected chi connectivity index (χ1v) is 12.0. The maximum atomic E-state index is 13.5. The Balaban J connectivity index is 1.67. The predicted molar refractivity (Wildman–Crippen MR) is 116 cm³/mol. The van der Waals surface area contributed by atoms with Crippen molar-refractivity contribution in [1.82, 2.24) is 9.29 Å². The van der Waals surface area contributed by atoms with Crippen molar-refractivity contribution in [2.45, 2.75) is 37.1 Å². The van der Waals surface area contributed by atoms with E-state index < -0.39 is 16.1 Å². The molecular weight excluding hydrogens is 406 g/mol. The molecule has 2 aromatic carbocycles. The number of hydrogen-bond acceptors (Lipinski definition) is 5. The molecule has 1 atom stereocenters. The highest BCUT2D eigenvalue weighted by Crippen LogP contribution is 2.32. The van der Waals surface area contributed by atoms with Crippen LogP contribution in [0.3, 0.4) is 0 Å². The van der Waals surface area contributed by atoms with Crippen LogP contribution in [0.4, 0.5) is 5.13 Å². The van der Waals surface area contributed by atoms with Crippen molar-refractivity contribution in [2.24, 2.45) is 0 Å². The van der Waals surface area contributed by atoms with Gasteiger partial charge in [0.25, 0.3) is 0 Å². The van der Waals surface area contributed by atoms with Gasteiger partial charge < -0.3 is 0 Å². The maximum Gasteiger partial charge on any atom is 0.247 e. The molecule has 1 aliphatic heterocycles. The molecule has 0 spiro atoms. The molecule has 1 aliphatic rings. The number of anilines is 1. The van der Waals surface area contributed by atoms with E-state index in [0.29, 0.717) is 24.6 Å². The summed E-state index contributed by atoms with van der Waals surface area (Å²) in [4.78, 5) is 19.9. The van der Waals surface area contributed by atoms with E-state index >= 15 is 0 Å². The average molecular weight is 430 g/mol. The number of nitrogens with zero attached hydrogens (tertiary/aromatic N) is 3. The molecule has 1 amide bonds. The monoisotopic (exact) mass is 429 g/mol. The first kappa shape index (κ1) is 20.0. The van der Waals surface area contributed by atoms with Gasteiger partial charge in [0, 0.05) is 13.1 Å². The zero-order chi connectivity index (χ0) is 20.4. The van der Waals surface area contributed by atoms with E-state index in [1.807, 2.05) is 31.2 Å². The van der Waals surface area contributed by atoms with Crippen LogP contribution in [-0.4, -0.2) is 42.7 Å². The van der Waals surface area contributed by atoms with Gasteiger partial charge in [0.05, 0.1) is 15.1 Å². The minimum atomic E-state index is -3.74.